The lowest BCUT2D eigenvalue weighted by Gasteiger charge is -2.15. The van der Waals surface area contributed by atoms with Gasteiger partial charge in [-0.25, -0.2) is 4.79 Å². The summed E-state index contributed by atoms with van der Waals surface area (Å²) in [6, 6.07) is 0. The SMILES string of the molecule is C=CC(=O)OC(C)COC(C)CO. The molecule has 0 heterocycles. The van der Waals surface area contributed by atoms with Gasteiger partial charge in [0, 0.05) is 6.08 Å². The molecule has 4 nitrogen and oxygen atoms in total. The highest BCUT2D eigenvalue weighted by Gasteiger charge is 2.08. The van der Waals surface area contributed by atoms with Crippen molar-refractivity contribution < 1.29 is 19.4 Å². The van der Waals surface area contributed by atoms with Gasteiger partial charge in [-0.15, -0.1) is 0 Å². The molecular weight excluding hydrogens is 172 g/mol. The van der Waals surface area contributed by atoms with Gasteiger partial charge in [-0.2, -0.15) is 0 Å². The van der Waals surface area contributed by atoms with Crippen LogP contribution in [0.2, 0.25) is 0 Å². The van der Waals surface area contributed by atoms with Crippen molar-refractivity contribution in [3.05, 3.63) is 12.7 Å². The van der Waals surface area contributed by atoms with Crippen molar-refractivity contribution in [3.8, 4) is 0 Å². The average Bonchev–Trinajstić information content (AvgIpc) is 2.13. The van der Waals surface area contributed by atoms with E-state index in [1.807, 2.05) is 0 Å². The fraction of sp³-hybridized carbons (Fsp3) is 0.667. The molecule has 13 heavy (non-hydrogen) atoms. The summed E-state index contributed by atoms with van der Waals surface area (Å²) in [6.45, 7) is 6.96. The van der Waals surface area contributed by atoms with Gasteiger partial charge in [-0.05, 0) is 13.8 Å². The third kappa shape index (κ3) is 6.31. The summed E-state index contributed by atoms with van der Waals surface area (Å²) in [4.78, 5) is 10.7. The van der Waals surface area contributed by atoms with E-state index in [-0.39, 0.29) is 25.4 Å². The van der Waals surface area contributed by atoms with Crippen LogP contribution >= 0.6 is 0 Å². The van der Waals surface area contributed by atoms with Crippen LogP contribution in [0.5, 0.6) is 0 Å². The topological polar surface area (TPSA) is 55.8 Å². The zero-order valence-electron chi connectivity index (χ0n) is 8.03. The van der Waals surface area contributed by atoms with E-state index in [1.165, 1.54) is 0 Å². The molecule has 1 N–H and O–H groups in total. The van der Waals surface area contributed by atoms with Crippen LogP contribution in [0.1, 0.15) is 13.8 Å². The maximum Gasteiger partial charge on any atom is 0.330 e. The molecule has 0 rings (SSSR count). The van der Waals surface area contributed by atoms with Gasteiger partial charge >= 0.3 is 5.97 Å². The first-order valence-corrected chi connectivity index (χ1v) is 4.15. The summed E-state index contributed by atoms with van der Waals surface area (Å²) in [6.07, 6.45) is 0.552. The Morgan fingerprint density at radius 3 is 2.62 bits per heavy atom. The van der Waals surface area contributed by atoms with Gasteiger partial charge in [0.05, 0.1) is 19.3 Å². The fourth-order valence-corrected chi connectivity index (χ4v) is 0.633. The smallest absolute Gasteiger partial charge is 0.330 e. The highest BCUT2D eigenvalue weighted by molar-refractivity contribution is 5.81. The second kappa shape index (κ2) is 6.62. The Bertz CT molecular complexity index is 167. The highest BCUT2D eigenvalue weighted by Crippen LogP contribution is 1.96. The van der Waals surface area contributed by atoms with E-state index in [0.717, 1.165) is 6.08 Å². The number of esters is 1. The van der Waals surface area contributed by atoms with E-state index >= 15 is 0 Å². The van der Waals surface area contributed by atoms with Gasteiger partial charge in [0.25, 0.3) is 0 Å². The Balaban J connectivity index is 3.56. The number of aliphatic hydroxyl groups is 1. The van der Waals surface area contributed by atoms with Crippen LogP contribution in [0.4, 0.5) is 0 Å². The van der Waals surface area contributed by atoms with E-state index < -0.39 is 5.97 Å². The lowest BCUT2D eigenvalue weighted by Crippen LogP contribution is -2.23. The Morgan fingerprint density at radius 1 is 1.54 bits per heavy atom. The molecule has 4 heteroatoms. The Morgan fingerprint density at radius 2 is 2.15 bits per heavy atom. The van der Waals surface area contributed by atoms with E-state index in [2.05, 4.69) is 6.58 Å². The van der Waals surface area contributed by atoms with Gasteiger partial charge < -0.3 is 14.6 Å². The van der Waals surface area contributed by atoms with Crippen LogP contribution in [0.3, 0.4) is 0 Å². The lowest BCUT2D eigenvalue weighted by atomic mass is 10.4. The first kappa shape index (κ1) is 12.1. The molecule has 2 atom stereocenters. The van der Waals surface area contributed by atoms with Gasteiger partial charge in [0.15, 0.2) is 0 Å². The maximum absolute atomic E-state index is 10.7. The number of carbonyl (C=O) groups is 1. The van der Waals surface area contributed by atoms with Gasteiger partial charge in [-0.1, -0.05) is 6.58 Å². The molecule has 0 bridgehead atoms. The lowest BCUT2D eigenvalue weighted by molar-refractivity contribution is -0.146. The van der Waals surface area contributed by atoms with Crippen LogP contribution in [0.25, 0.3) is 0 Å². The summed E-state index contributed by atoms with van der Waals surface area (Å²) in [7, 11) is 0. The maximum atomic E-state index is 10.7. The van der Waals surface area contributed by atoms with Crippen molar-refractivity contribution in [2.75, 3.05) is 13.2 Å². The monoisotopic (exact) mass is 188 g/mol. The molecule has 2 unspecified atom stereocenters. The average molecular weight is 188 g/mol. The second-order valence-electron chi connectivity index (χ2n) is 2.78. The molecule has 0 aromatic rings. The van der Waals surface area contributed by atoms with Crippen LogP contribution < -0.4 is 0 Å². The summed E-state index contributed by atoms with van der Waals surface area (Å²) in [5.74, 6) is -0.465. The second-order valence-corrected chi connectivity index (χ2v) is 2.78. The van der Waals surface area contributed by atoms with Crippen molar-refractivity contribution in [1.82, 2.24) is 0 Å². The predicted octanol–water partition coefficient (Wildman–Crippen LogP) is 0.501. The molecule has 0 aromatic heterocycles. The van der Waals surface area contributed by atoms with Crippen LogP contribution in [0, 0.1) is 0 Å². The van der Waals surface area contributed by atoms with E-state index in [4.69, 9.17) is 14.6 Å². The molecule has 0 radical (unpaired) electrons. The van der Waals surface area contributed by atoms with E-state index in [0.29, 0.717) is 0 Å². The summed E-state index contributed by atoms with van der Waals surface area (Å²) in [5.41, 5.74) is 0. The van der Waals surface area contributed by atoms with Crippen LogP contribution in [-0.4, -0.2) is 36.5 Å². The summed E-state index contributed by atoms with van der Waals surface area (Å²) >= 11 is 0. The number of aliphatic hydroxyl groups excluding tert-OH is 1. The molecule has 0 saturated heterocycles. The summed E-state index contributed by atoms with van der Waals surface area (Å²) < 4.78 is 9.97. The van der Waals surface area contributed by atoms with Crippen LogP contribution in [0.15, 0.2) is 12.7 Å². The molecule has 0 aliphatic carbocycles. The van der Waals surface area contributed by atoms with E-state index in [9.17, 15) is 4.79 Å². The predicted molar refractivity (Wildman–Crippen MR) is 48.3 cm³/mol. The summed E-state index contributed by atoms with van der Waals surface area (Å²) in [5, 5.41) is 8.63. The first-order valence-electron chi connectivity index (χ1n) is 4.15. The molecule has 76 valence electrons. The van der Waals surface area contributed by atoms with Crippen molar-refractivity contribution in [2.24, 2.45) is 0 Å². The standard InChI is InChI=1S/C9H16O4/c1-4-9(11)13-8(3)6-12-7(2)5-10/h4,7-8,10H,1,5-6H2,2-3H3. The van der Waals surface area contributed by atoms with Crippen molar-refractivity contribution in [3.63, 3.8) is 0 Å². The molecule has 0 aliphatic rings. The quantitative estimate of drug-likeness (QED) is 0.487. The van der Waals surface area contributed by atoms with Gasteiger partial charge in [0.1, 0.15) is 6.10 Å². The Kier molecular flexibility index (Phi) is 6.18. The number of hydrogen-bond donors (Lipinski definition) is 1. The van der Waals surface area contributed by atoms with Crippen molar-refractivity contribution in [2.45, 2.75) is 26.1 Å². The van der Waals surface area contributed by atoms with Gasteiger partial charge in [0.2, 0.25) is 0 Å². The number of hydrogen-bond acceptors (Lipinski definition) is 4. The zero-order chi connectivity index (χ0) is 10.3. The molecule has 0 amide bonds. The zero-order valence-corrected chi connectivity index (χ0v) is 8.03. The van der Waals surface area contributed by atoms with Crippen molar-refractivity contribution >= 4 is 5.97 Å². The minimum atomic E-state index is -0.465. The number of rotatable bonds is 6. The minimum Gasteiger partial charge on any atom is -0.457 e. The first-order chi connectivity index (χ1) is 6.10. The largest absolute Gasteiger partial charge is 0.457 e. The molecule has 0 saturated carbocycles. The van der Waals surface area contributed by atoms with Crippen molar-refractivity contribution in [1.29, 1.82) is 0 Å². The molecular formula is C9H16O4. The normalized spacial score (nSPS) is 14.7. The molecule has 0 fully saturated rings. The third-order valence-electron chi connectivity index (χ3n) is 1.36. The van der Waals surface area contributed by atoms with Gasteiger partial charge in [-0.3, -0.25) is 0 Å². The molecule has 0 aliphatic heterocycles. The van der Waals surface area contributed by atoms with E-state index in [1.54, 1.807) is 13.8 Å². The molecule has 0 spiro atoms. The highest BCUT2D eigenvalue weighted by atomic mass is 16.6. The minimum absolute atomic E-state index is 0.0396. The Labute approximate surface area is 78.2 Å². The number of ether oxygens (including phenoxy) is 2. The Hall–Kier alpha value is -0.870. The third-order valence-corrected chi connectivity index (χ3v) is 1.36. The fourth-order valence-electron chi connectivity index (χ4n) is 0.633. The number of carbonyl (C=O) groups excluding carboxylic acids is 1. The molecule has 0 aromatic carbocycles. The van der Waals surface area contributed by atoms with Crippen LogP contribution in [-0.2, 0) is 14.3 Å².